The van der Waals surface area contributed by atoms with E-state index in [1.165, 1.54) is 11.1 Å². The highest BCUT2D eigenvalue weighted by atomic mass is 79.9. The van der Waals surface area contributed by atoms with Crippen molar-refractivity contribution < 1.29 is 5.11 Å². The Morgan fingerprint density at radius 2 is 1.67 bits per heavy atom. The maximum atomic E-state index is 9.86. The van der Waals surface area contributed by atoms with E-state index in [2.05, 4.69) is 40.3 Å². The zero-order valence-electron chi connectivity index (χ0n) is 10.3. The van der Waals surface area contributed by atoms with Crippen molar-refractivity contribution in [1.82, 2.24) is 5.32 Å². The predicted molar refractivity (Wildman–Crippen MR) is 77.5 cm³/mol. The third kappa shape index (κ3) is 3.12. The van der Waals surface area contributed by atoms with Crippen molar-refractivity contribution in [3.8, 4) is 5.75 Å². The van der Waals surface area contributed by atoms with Crippen molar-refractivity contribution in [3.63, 3.8) is 0 Å². The molecule has 0 aromatic heterocycles. The van der Waals surface area contributed by atoms with Gasteiger partial charge in [-0.2, -0.15) is 0 Å². The average molecular weight is 306 g/mol. The van der Waals surface area contributed by atoms with Gasteiger partial charge < -0.3 is 10.4 Å². The number of para-hydroxylation sites is 1. The second-order valence-electron chi connectivity index (χ2n) is 4.28. The molecular formula is C15H16BrNO. The van der Waals surface area contributed by atoms with Crippen LogP contribution in [0.4, 0.5) is 0 Å². The number of benzene rings is 2. The number of halogens is 1. The monoisotopic (exact) mass is 305 g/mol. The van der Waals surface area contributed by atoms with Gasteiger partial charge in [0.25, 0.3) is 0 Å². The van der Waals surface area contributed by atoms with Gasteiger partial charge in [-0.05, 0) is 40.0 Å². The quantitative estimate of drug-likeness (QED) is 0.901. The topological polar surface area (TPSA) is 32.3 Å². The van der Waals surface area contributed by atoms with Gasteiger partial charge in [0.1, 0.15) is 5.75 Å². The van der Waals surface area contributed by atoms with Crippen LogP contribution in [0.5, 0.6) is 5.75 Å². The molecular weight excluding hydrogens is 290 g/mol. The molecule has 0 heterocycles. The summed E-state index contributed by atoms with van der Waals surface area (Å²) in [7, 11) is 0. The van der Waals surface area contributed by atoms with E-state index in [0.29, 0.717) is 12.3 Å². The van der Waals surface area contributed by atoms with Gasteiger partial charge in [0.2, 0.25) is 0 Å². The minimum atomic E-state index is 0.315. The summed E-state index contributed by atoms with van der Waals surface area (Å²) in [5.74, 6) is 0.315. The van der Waals surface area contributed by atoms with Crippen molar-refractivity contribution in [2.75, 3.05) is 0 Å². The Balaban J connectivity index is 1.97. The average Bonchev–Trinajstić information content (AvgIpc) is 2.37. The second-order valence-corrected chi connectivity index (χ2v) is 5.13. The highest BCUT2D eigenvalue weighted by Gasteiger charge is 2.04. The van der Waals surface area contributed by atoms with Crippen molar-refractivity contribution in [1.29, 1.82) is 0 Å². The largest absolute Gasteiger partial charge is 0.506 e. The molecule has 0 spiro atoms. The molecule has 0 aliphatic heterocycles. The number of hydrogen-bond acceptors (Lipinski definition) is 2. The summed E-state index contributed by atoms with van der Waals surface area (Å²) >= 11 is 3.32. The molecule has 0 aliphatic carbocycles. The van der Waals surface area contributed by atoms with Crippen molar-refractivity contribution >= 4 is 15.9 Å². The number of phenols is 1. The first kappa shape index (κ1) is 13.1. The molecule has 2 nitrogen and oxygen atoms in total. The molecule has 0 amide bonds. The second kappa shape index (κ2) is 6.03. The Labute approximate surface area is 116 Å². The Hall–Kier alpha value is -1.32. The maximum Gasteiger partial charge on any atom is 0.134 e. The smallest absolute Gasteiger partial charge is 0.134 e. The van der Waals surface area contributed by atoms with E-state index >= 15 is 0 Å². The van der Waals surface area contributed by atoms with Gasteiger partial charge in [-0.1, -0.05) is 36.4 Å². The van der Waals surface area contributed by atoms with Crippen LogP contribution in [0.1, 0.15) is 16.7 Å². The molecule has 94 valence electrons. The van der Waals surface area contributed by atoms with Crippen LogP contribution in [0.15, 0.2) is 46.9 Å². The van der Waals surface area contributed by atoms with Crippen molar-refractivity contribution in [2.45, 2.75) is 20.0 Å². The first-order valence-corrected chi connectivity index (χ1v) is 6.69. The lowest BCUT2D eigenvalue weighted by atomic mass is 10.1. The SMILES string of the molecule is Cc1ccccc1CNCc1cccc(Br)c1O. The molecule has 0 radical (unpaired) electrons. The van der Waals surface area contributed by atoms with Crippen LogP contribution in [0.25, 0.3) is 0 Å². The van der Waals surface area contributed by atoms with E-state index in [9.17, 15) is 5.11 Å². The summed E-state index contributed by atoms with van der Waals surface area (Å²) in [4.78, 5) is 0. The summed E-state index contributed by atoms with van der Waals surface area (Å²) in [6.07, 6.45) is 0. The number of phenolic OH excluding ortho intramolecular Hbond substituents is 1. The molecule has 2 rings (SSSR count). The fraction of sp³-hybridized carbons (Fsp3) is 0.200. The standard InChI is InChI=1S/C15H16BrNO/c1-11-5-2-3-6-12(11)9-17-10-13-7-4-8-14(16)15(13)18/h2-8,17-18H,9-10H2,1H3. The Bertz CT molecular complexity index is 540. The molecule has 0 aliphatic rings. The molecule has 2 N–H and O–H groups in total. The van der Waals surface area contributed by atoms with Crippen LogP contribution >= 0.6 is 15.9 Å². The Morgan fingerprint density at radius 3 is 2.44 bits per heavy atom. The lowest BCUT2D eigenvalue weighted by Crippen LogP contribution is -2.13. The van der Waals surface area contributed by atoms with E-state index in [-0.39, 0.29) is 0 Å². The molecule has 0 saturated heterocycles. The summed E-state index contributed by atoms with van der Waals surface area (Å²) < 4.78 is 0.734. The molecule has 0 atom stereocenters. The van der Waals surface area contributed by atoms with Crippen LogP contribution < -0.4 is 5.32 Å². The van der Waals surface area contributed by atoms with E-state index in [1.54, 1.807) is 0 Å². The summed E-state index contributed by atoms with van der Waals surface area (Å²) in [6.45, 7) is 3.56. The van der Waals surface area contributed by atoms with Crippen LogP contribution in [-0.4, -0.2) is 5.11 Å². The highest BCUT2D eigenvalue weighted by molar-refractivity contribution is 9.10. The highest BCUT2D eigenvalue weighted by Crippen LogP contribution is 2.27. The van der Waals surface area contributed by atoms with Crippen molar-refractivity contribution in [3.05, 3.63) is 63.6 Å². The van der Waals surface area contributed by atoms with Gasteiger partial charge in [0.15, 0.2) is 0 Å². The maximum absolute atomic E-state index is 9.86. The van der Waals surface area contributed by atoms with Gasteiger partial charge in [-0.15, -0.1) is 0 Å². The molecule has 2 aromatic carbocycles. The third-order valence-corrected chi connectivity index (χ3v) is 3.60. The lowest BCUT2D eigenvalue weighted by Gasteiger charge is -2.09. The first-order chi connectivity index (χ1) is 8.68. The molecule has 2 aromatic rings. The van der Waals surface area contributed by atoms with E-state index < -0.39 is 0 Å². The molecule has 0 unspecified atom stereocenters. The first-order valence-electron chi connectivity index (χ1n) is 5.90. The summed E-state index contributed by atoms with van der Waals surface area (Å²) in [5.41, 5.74) is 3.47. The third-order valence-electron chi connectivity index (χ3n) is 2.96. The van der Waals surface area contributed by atoms with E-state index in [0.717, 1.165) is 16.6 Å². The fourth-order valence-electron chi connectivity index (χ4n) is 1.84. The number of hydrogen-bond donors (Lipinski definition) is 2. The molecule has 18 heavy (non-hydrogen) atoms. The van der Waals surface area contributed by atoms with Gasteiger partial charge in [0, 0.05) is 18.7 Å². The van der Waals surface area contributed by atoms with Gasteiger partial charge in [0.05, 0.1) is 4.47 Å². The Morgan fingerprint density at radius 1 is 1.00 bits per heavy atom. The normalized spacial score (nSPS) is 10.6. The summed E-state index contributed by atoms with van der Waals surface area (Å²) in [5, 5.41) is 13.2. The van der Waals surface area contributed by atoms with Crippen LogP contribution in [-0.2, 0) is 13.1 Å². The number of nitrogens with one attached hydrogen (secondary N) is 1. The number of aromatic hydroxyl groups is 1. The Kier molecular flexibility index (Phi) is 4.39. The minimum Gasteiger partial charge on any atom is -0.506 e. The zero-order valence-corrected chi connectivity index (χ0v) is 11.9. The van der Waals surface area contributed by atoms with Gasteiger partial charge >= 0.3 is 0 Å². The van der Waals surface area contributed by atoms with E-state index in [4.69, 9.17) is 0 Å². The zero-order chi connectivity index (χ0) is 13.0. The van der Waals surface area contributed by atoms with Gasteiger partial charge in [-0.25, -0.2) is 0 Å². The number of rotatable bonds is 4. The van der Waals surface area contributed by atoms with E-state index in [1.807, 2.05) is 30.3 Å². The minimum absolute atomic E-state index is 0.315. The molecule has 3 heteroatoms. The predicted octanol–water partition coefficient (Wildman–Crippen LogP) is 3.75. The summed E-state index contributed by atoms with van der Waals surface area (Å²) in [6, 6.07) is 14.0. The van der Waals surface area contributed by atoms with Crippen LogP contribution in [0.2, 0.25) is 0 Å². The number of aryl methyl sites for hydroxylation is 1. The molecule has 0 fully saturated rings. The van der Waals surface area contributed by atoms with Crippen LogP contribution in [0, 0.1) is 6.92 Å². The van der Waals surface area contributed by atoms with Crippen molar-refractivity contribution in [2.24, 2.45) is 0 Å². The fourth-order valence-corrected chi connectivity index (χ4v) is 2.25. The van der Waals surface area contributed by atoms with Gasteiger partial charge in [-0.3, -0.25) is 0 Å². The lowest BCUT2D eigenvalue weighted by molar-refractivity contribution is 0.461. The van der Waals surface area contributed by atoms with Crippen LogP contribution in [0.3, 0.4) is 0 Å². The molecule has 0 bridgehead atoms. The molecule has 0 saturated carbocycles.